The van der Waals surface area contributed by atoms with Crippen LogP contribution in [0.25, 0.3) is 0 Å². The summed E-state index contributed by atoms with van der Waals surface area (Å²) in [5.74, 6) is 0. The van der Waals surface area contributed by atoms with E-state index in [1.54, 1.807) is 0 Å². The summed E-state index contributed by atoms with van der Waals surface area (Å²) in [5, 5.41) is 3.93. The fraction of sp³-hybridized carbons (Fsp3) is 0.750. The molecule has 1 N–H and O–H groups in total. The lowest BCUT2D eigenvalue weighted by Crippen LogP contribution is -2.42. The maximum Gasteiger partial charge on any atom is 0.0579 e. The SMILES string of the molecule is C1=CC(=NC2CCC(NC3CCCCC3)CC2)C=CC1=NC1CCCCC1. The van der Waals surface area contributed by atoms with Crippen molar-refractivity contribution < 1.29 is 0 Å². The van der Waals surface area contributed by atoms with Crippen LogP contribution in [0.15, 0.2) is 34.3 Å². The molecule has 0 unspecified atom stereocenters. The van der Waals surface area contributed by atoms with E-state index in [-0.39, 0.29) is 0 Å². The van der Waals surface area contributed by atoms with Gasteiger partial charge in [0.25, 0.3) is 0 Å². The lowest BCUT2D eigenvalue weighted by Gasteiger charge is -2.32. The monoisotopic (exact) mass is 367 g/mol. The molecule has 4 aliphatic rings. The third-order valence-electron chi connectivity index (χ3n) is 6.86. The van der Waals surface area contributed by atoms with E-state index in [0.29, 0.717) is 12.1 Å². The second-order valence-electron chi connectivity index (χ2n) is 9.07. The van der Waals surface area contributed by atoms with Gasteiger partial charge in [-0.15, -0.1) is 0 Å². The molecule has 3 nitrogen and oxygen atoms in total. The van der Waals surface area contributed by atoms with Crippen molar-refractivity contribution in [2.75, 3.05) is 0 Å². The molecule has 0 heterocycles. The Bertz CT molecular complexity index is 563. The van der Waals surface area contributed by atoms with E-state index in [0.717, 1.165) is 23.5 Å². The van der Waals surface area contributed by atoms with Crippen molar-refractivity contribution in [3.05, 3.63) is 24.3 Å². The number of hydrogen-bond acceptors (Lipinski definition) is 3. The Hall–Kier alpha value is -1.22. The van der Waals surface area contributed by atoms with Crippen LogP contribution in [-0.2, 0) is 0 Å². The van der Waals surface area contributed by atoms with E-state index in [1.165, 1.54) is 89.9 Å². The van der Waals surface area contributed by atoms with Gasteiger partial charge in [0.1, 0.15) is 0 Å². The van der Waals surface area contributed by atoms with Gasteiger partial charge < -0.3 is 5.32 Å². The van der Waals surface area contributed by atoms with Crippen LogP contribution in [0.3, 0.4) is 0 Å². The molecule has 3 fully saturated rings. The summed E-state index contributed by atoms with van der Waals surface area (Å²) in [6, 6.07) is 2.58. The minimum atomic E-state index is 0.510. The van der Waals surface area contributed by atoms with Crippen molar-refractivity contribution >= 4 is 11.4 Å². The van der Waals surface area contributed by atoms with E-state index < -0.39 is 0 Å². The fourth-order valence-electron chi connectivity index (χ4n) is 5.23. The van der Waals surface area contributed by atoms with E-state index in [2.05, 4.69) is 29.6 Å². The molecule has 0 bridgehead atoms. The molecule has 27 heavy (non-hydrogen) atoms. The molecule has 148 valence electrons. The summed E-state index contributed by atoms with van der Waals surface area (Å²) in [6.45, 7) is 0. The van der Waals surface area contributed by atoms with Crippen molar-refractivity contribution in [3.8, 4) is 0 Å². The van der Waals surface area contributed by atoms with Gasteiger partial charge in [0.05, 0.1) is 23.5 Å². The second kappa shape index (κ2) is 9.82. The van der Waals surface area contributed by atoms with Gasteiger partial charge >= 0.3 is 0 Å². The summed E-state index contributed by atoms with van der Waals surface area (Å²) >= 11 is 0. The van der Waals surface area contributed by atoms with Crippen LogP contribution in [0.1, 0.15) is 89.9 Å². The van der Waals surface area contributed by atoms with E-state index in [9.17, 15) is 0 Å². The fourth-order valence-corrected chi connectivity index (χ4v) is 5.23. The summed E-state index contributed by atoms with van der Waals surface area (Å²) < 4.78 is 0. The highest BCUT2D eigenvalue weighted by Crippen LogP contribution is 2.25. The smallest absolute Gasteiger partial charge is 0.0579 e. The Morgan fingerprint density at radius 2 is 0.963 bits per heavy atom. The third-order valence-corrected chi connectivity index (χ3v) is 6.86. The van der Waals surface area contributed by atoms with Gasteiger partial charge in [0, 0.05) is 12.1 Å². The van der Waals surface area contributed by atoms with Crippen LogP contribution >= 0.6 is 0 Å². The van der Waals surface area contributed by atoms with Crippen LogP contribution in [-0.4, -0.2) is 35.6 Å². The zero-order valence-corrected chi connectivity index (χ0v) is 16.9. The second-order valence-corrected chi connectivity index (χ2v) is 9.07. The topological polar surface area (TPSA) is 36.8 Å². The Balaban J connectivity index is 1.22. The molecular weight excluding hydrogens is 330 g/mol. The molecule has 0 spiro atoms. The first-order valence-corrected chi connectivity index (χ1v) is 11.6. The third kappa shape index (κ3) is 5.88. The summed E-state index contributed by atoms with van der Waals surface area (Å²) in [6.07, 6.45) is 27.4. The maximum absolute atomic E-state index is 5.02. The number of aliphatic imine (C=N–C) groups is 2. The molecule has 0 aromatic carbocycles. The zero-order valence-electron chi connectivity index (χ0n) is 16.9. The van der Waals surface area contributed by atoms with Crippen LogP contribution < -0.4 is 5.32 Å². The molecule has 4 aliphatic carbocycles. The van der Waals surface area contributed by atoms with E-state index in [4.69, 9.17) is 9.98 Å². The van der Waals surface area contributed by atoms with E-state index >= 15 is 0 Å². The molecule has 0 saturated heterocycles. The molecule has 0 aliphatic heterocycles. The average molecular weight is 368 g/mol. The summed E-state index contributed by atoms with van der Waals surface area (Å²) in [4.78, 5) is 9.94. The van der Waals surface area contributed by atoms with Crippen LogP contribution in [0.5, 0.6) is 0 Å². The molecule has 4 rings (SSSR count). The van der Waals surface area contributed by atoms with Crippen molar-refractivity contribution in [1.29, 1.82) is 0 Å². The lowest BCUT2D eigenvalue weighted by atomic mass is 9.88. The zero-order chi connectivity index (χ0) is 18.3. The molecule has 3 heteroatoms. The van der Waals surface area contributed by atoms with Gasteiger partial charge in [-0.1, -0.05) is 38.5 Å². The highest BCUT2D eigenvalue weighted by Gasteiger charge is 2.24. The summed E-state index contributed by atoms with van der Waals surface area (Å²) in [7, 11) is 0. The highest BCUT2D eigenvalue weighted by molar-refractivity contribution is 6.18. The Morgan fingerprint density at radius 1 is 0.519 bits per heavy atom. The predicted molar refractivity (Wildman–Crippen MR) is 116 cm³/mol. The highest BCUT2D eigenvalue weighted by atomic mass is 15.0. The van der Waals surface area contributed by atoms with Gasteiger partial charge in [-0.05, 0) is 75.7 Å². The standard InChI is InChI=1S/C24H37N3/c1-3-7-19(8-4-1)25-21-11-15-23(16-12-21)27-24-17-13-22(14-18-24)26-20-9-5-2-6-10-20/h11-12,15-16,19-20,22,24,26H,1-10,13-14,17-18H2. The van der Waals surface area contributed by atoms with Crippen LogP contribution in [0, 0.1) is 0 Å². The van der Waals surface area contributed by atoms with E-state index in [1.807, 2.05) is 0 Å². The Labute approximate surface area is 165 Å². The van der Waals surface area contributed by atoms with Crippen molar-refractivity contribution in [3.63, 3.8) is 0 Å². The normalized spacial score (nSPS) is 30.5. The number of nitrogens with one attached hydrogen (secondary N) is 1. The Morgan fingerprint density at radius 3 is 1.52 bits per heavy atom. The quantitative estimate of drug-likeness (QED) is 0.649. The minimum Gasteiger partial charge on any atom is -0.311 e. The van der Waals surface area contributed by atoms with Crippen LogP contribution in [0.4, 0.5) is 0 Å². The van der Waals surface area contributed by atoms with Crippen LogP contribution in [0.2, 0.25) is 0 Å². The molecule has 0 aromatic heterocycles. The maximum atomic E-state index is 5.02. The molecule has 0 aromatic rings. The number of allylic oxidation sites excluding steroid dienone is 4. The number of nitrogens with zero attached hydrogens (tertiary/aromatic N) is 2. The molecule has 0 radical (unpaired) electrons. The minimum absolute atomic E-state index is 0.510. The van der Waals surface area contributed by atoms with Gasteiger partial charge in [0.2, 0.25) is 0 Å². The first-order chi connectivity index (χ1) is 13.3. The largest absolute Gasteiger partial charge is 0.311 e. The van der Waals surface area contributed by atoms with Crippen molar-refractivity contribution in [2.24, 2.45) is 9.98 Å². The number of rotatable bonds is 4. The average Bonchev–Trinajstić information content (AvgIpc) is 2.73. The first kappa shape index (κ1) is 19.1. The van der Waals surface area contributed by atoms with Gasteiger partial charge in [-0.3, -0.25) is 9.98 Å². The van der Waals surface area contributed by atoms with Gasteiger partial charge in [-0.25, -0.2) is 0 Å². The Kier molecular flexibility index (Phi) is 6.95. The predicted octanol–water partition coefficient (Wildman–Crippen LogP) is 5.56. The molecule has 0 amide bonds. The molecule has 0 atom stereocenters. The molecule has 3 saturated carbocycles. The van der Waals surface area contributed by atoms with Gasteiger partial charge in [0.15, 0.2) is 0 Å². The van der Waals surface area contributed by atoms with Crippen molar-refractivity contribution in [1.82, 2.24) is 5.32 Å². The van der Waals surface area contributed by atoms with Gasteiger partial charge in [-0.2, -0.15) is 0 Å². The lowest BCUT2D eigenvalue weighted by molar-refractivity contribution is 0.279. The molecular formula is C24H37N3. The first-order valence-electron chi connectivity index (χ1n) is 11.6. The van der Waals surface area contributed by atoms with Crippen molar-refractivity contribution in [2.45, 2.75) is 114 Å². The number of hydrogen-bond donors (Lipinski definition) is 1. The summed E-state index contributed by atoms with van der Waals surface area (Å²) in [5.41, 5.74) is 2.28.